The molecule has 0 aliphatic carbocycles. The smallest absolute Gasteiger partial charge is 0.160 e. The van der Waals surface area contributed by atoms with Crippen LogP contribution in [0.1, 0.15) is 5.69 Å². The quantitative estimate of drug-likeness (QED) is 0.829. The first kappa shape index (κ1) is 11.2. The topological polar surface area (TPSA) is 40.7 Å². The van der Waals surface area contributed by atoms with Crippen molar-refractivity contribution in [2.75, 3.05) is 5.32 Å². The Hall–Kier alpha value is -1.26. The molecule has 3 nitrogen and oxygen atoms in total. The van der Waals surface area contributed by atoms with E-state index < -0.39 is 5.82 Å². The van der Waals surface area contributed by atoms with Crippen molar-refractivity contribution in [1.29, 1.82) is 0 Å². The molecule has 0 saturated carbocycles. The Morgan fingerprint density at radius 2 is 2.00 bits per heavy atom. The molecule has 0 amide bonds. The Balaban J connectivity index is 2.10. The number of halogens is 3. The standard InChI is InChI=1S/C10H8Cl2FN3/c11-8-1-6(2-9(12)10(8)13)15-4-7-3-14-5-16-7/h1-3,5,15H,4H2,(H,14,16). The Morgan fingerprint density at radius 3 is 2.56 bits per heavy atom. The average molecular weight is 260 g/mol. The summed E-state index contributed by atoms with van der Waals surface area (Å²) in [5.74, 6) is -0.601. The lowest BCUT2D eigenvalue weighted by molar-refractivity contribution is 0.629. The summed E-state index contributed by atoms with van der Waals surface area (Å²) >= 11 is 11.3. The third-order valence-electron chi connectivity index (χ3n) is 2.02. The predicted octanol–water partition coefficient (Wildman–Crippen LogP) is 3.47. The number of hydrogen-bond acceptors (Lipinski definition) is 2. The zero-order chi connectivity index (χ0) is 11.5. The fraction of sp³-hybridized carbons (Fsp3) is 0.100. The third-order valence-corrected chi connectivity index (χ3v) is 2.57. The molecule has 0 unspecified atom stereocenters. The van der Waals surface area contributed by atoms with E-state index >= 15 is 0 Å². The summed E-state index contributed by atoms with van der Waals surface area (Å²) in [7, 11) is 0. The van der Waals surface area contributed by atoms with Crippen LogP contribution in [0.15, 0.2) is 24.7 Å². The molecule has 2 N–H and O–H groups in total. The lowest BCUT2D eigenvalue weighted by Gasteiger charge is -2.06. The molecule has 6 heteroatoms. The molecule has 0 spiro atoms. The number of nitrogens with one attached hydrogen (secondary N) is 2. The molecule has 2 rings (SSSR count). The van der Waals surface area contributed by atoms with E-state index in [1.54, 1.807) is 12.5 Å². The number of anilines is 1. The summed E-state index contributed by atoms with van der Waals surface area (Å²) in [4.78, 5) is 6.81. The van der Waals surface area contributed by atoms with Crippen molar-refractivity contribution in [1.82, 2.24) is 9.97 Å². The minimum atomic E-state index is -0.601. The van der Waals surface area contributed by atoms with Gasteiger partial charge in [0.2, 0.25) is 0 Å². The van der Waals surface area contributed by atoms with Crippen LogP contribution in [0.25, 0.3) is 0 Å². The highest BCUT2D eigenvalue weighted by Gasteiger charge is 2.07. The maximum absolute atomic E-state index is 13.1. The van der Waals surface area contributed by atoms with Gasteiger partial charge in [0.15, 0.2) is 5.82 Å². The van der Waals surface area contributed by atoms with E-state index in [4.69, 9.17) is 23.2 Å². The van der Waals surface area contributed by atoms with Crippen LogP contribution in [-0.2, 0) is 6.54 Å². The number of H-pyrrole nitrogens is 1. The molecular weight excluding hydrogens is 252 g/mol. The molecular formula is C10H8Cl2FN3. The minimum absolute atomic E-state index is 0.000360. The van der Waals surface area contributed by atoms with Gasteiger partial charge in [0.1, 0.15) is 0 Å². The molecule has 16 heavy (non-hydrogen) atoms. The highest BCUT2D eigenvalue weighted by Crippen LogP contribution is 2.27. The normalized spacial score (nSPS) is 10.4. The van der Waals surface area contributed by atoms with Gasteiger partial charge in [0.25, 0.3) is 0 Å². The van der Waals surface area contributed by atoms with E-state index in [1.807, 2.05) is 0 Å². The summed E-state index contributed by atoms with van der Waals surface area (Å²) in [5, 5.41) is 3.05. The number of rotatable bonds is 3. The number of aromatic amines is 1. The van der Waals surface area contributed by atoms with E-state index in [9.17, 15) is 4.39 Å². The molecule has 0 bridgehead atoms. The van der Waals surface area contributed by atoms with Crippen LogP contribution in [0.2, 0.25) is 10.0 Å². The van der Waals surface area contributed by atoms with Crippen LogP contribution in [-0.4, -0.2) is 9.97 Å². The highest BCUT2D eigenvalue weighted by atomic mass is 35.5. The number of nitrogens with zero attached hydrogens (tertiary/aromatic N) is 1. The summed E-state index contributed by atoms with van der Waals surface area (Å²) in [5.41, 5.74) is 1.57. The van der Waals surface area contributed by atoms with Gasteiger partial charge in [-0.15, -0.1) is 0 Å². The molecule has 0 aliphatic heterocycles. The first-order valence-corrected chi connectivity index (χ1v) is 5.28. The Labute approximate surface area is 102 Å². The van der Waals surface area contributed by atoms with Gasteiger partial charge in [-0.2, -0.15) is 0 Å². The molecule has 0 radical (unpaired) electrons. The molecule has 0 aliphatic rings. The molecule has 1 aromatic heterocycles. The second kappa shape index (κ2) is 4.72. The van der Waals surface area contributed by atoms with E-state index in [2.05, 4.69) is 15.3 Å². The van der Waals surface area contributed by atoms with Crippen LogP contribution in [0, 0.1) is 5.82 Å². The van der Waals surface area contributed by atoms with Gasteiger partial charge in [-0.1, -0.05) is 23.2 Å². The van der Waals surface area contributed by atoms with Crippen molar-refractivity contribution in [3.8, 4) is 0 Å². The van der Waals surface area contributed by atoms with Crippen molar-refractivity contribution >= 4 is 28.9 Å². The van der Waals surface area contributed by atoms with Crippen LogP contribution in [0.5, 0.6) is 0 Å². The Bertz CT molecular complexity index is 462. The molecule has 2 aromatic rings. The number of imidazole rings is 1. The summed E-state index contributed by atoms with van der Waals surface area (Å²) in [6.07, 6.45) is 3.28. The van der Waals surface area contributed by atoms with Crippen molar-refractivity contribution in [3.05, 3.63) is 46.2 Å². The van der Waals surface area contributed by atoms with E-state index in [0.29, 0.717) is 12.2 Å². The SMILES string of the molecule is Fc1c(Cl)cc(NCc2cnc[nH]2)cc1Cl. The second-order valence-electron chi connectivity index (χ2n) is 3.18. The first-order valence-electron chi connectivity index (χ1n) is 4.52. The maximum Gasteiger partial charge on any atom is 0.160 e. The van der Waals surface area contributed by atoms with Gasteiger partial charge < -0.3 is 10.3 Å². The zero-order valence-corrected chi connectivity index (χ0v) is 9.61. The van der Waals surface area contributed by atoms with Gasteiger partial charge in [-0.3, -0.25) is 0 Å². The Kier molecular flexibility index (Phi) is 3.31. The van der Waals surface area contributed by atoms with Crippen LogP contribution >= 0.6 is 23.2 Å². The van der Waals surface area contributed by atoms with Crippen molar-refractivity contribution in [2.45, 2.75) is 6.54 Å². The molecule has 1 aromatic carbocycles. The lowest BCUT2D eigenvalue weighted by Crippen LogP contribution is -2.00. The van der Waals surface area contributed by atoms with Crippen molar-refractivity contribution < 1.29 is 4.39 Å². The highest BCUT2D eigenvalue weighted by molar-refractivity contribution is 6.35. The number of benzene rings is 1. The summed E-state index contributed by atoms with van der Waals surface area (Å²) in [6, 6.07) is 2.97. The van der Waals surface area contributed by atoms with Crippen molar-refractivity contribution in [3.63, 3.8) is 0 Å². The van der Waals surface area contributed by atoms with Crippen LogP contribution < -0.4 is 5.32 Å². The zero-order valence-electron chi connectivity index (χ0n) is 8.10. The maximum atomic E-state index is 13.1. The summed E-state index contributed by atoms with van der Waals surface area (Å²) in [6.45, 7) is 0.540. The predicted molar refractivity (Wildman–Crippen MR) is 62.3 cm³/mol. The Morgan fingerprint density at radius 1 is 1.31 bits per heavy atom. The van der Waals surface area contributed by atoms with Crippen LogP contribution in [0.4, 0.5) is 10.1 Å². The number of hydrogen-bond donors (Lipinski definition) is 2. The lowest BCUT2D eigenvalue weighted by atomic mass is 10.3. The van der Waals surface area contributed by atoms with E-state index in [-0.39, 0.29) is 10.0 Å². The fourth-order valence-electron chi connectivity index (χ4n) is 1.24. The molecule has 1 heterocycles. The van der Waals surface area contributed by atoms with E-state index in [1.165, 1.54) is 12.1 Å². The summed E-state index contributed by atoms with van der Waals surface area (Å²) < 4.78 is 13.1. The van der Waals surface area contributed by atoms with Gasteiger partial charge in [0.05, 0.1) is 28.6 Å². The first-order chi connectivity index (χ1) is 7.66. The van der Waals surface area contributed by atoms with Crippen LogP contribution in [0.3, 0.4) is 0 Å². The van der Waals surface area contributed by atoms with Gasteiger partial charge >= 0.3 is 0 Å². The molecule has 0 atom stereocenters. The number of aromatic nitrogens is 2. The van der Waals surface area contributed by atoms with Gasteiger partial charge in [-0.25, -0.2) is 9.37 Å². The van der Waals surface area contributed by atoms with Gasteiger partial charge in [-0.05, 0) is 12.1 Å². The average Bonchev–Trinajstić information content (AvgIpc) is 2.75. The van der Waals surface area contributed by atoms with E-state index in [0.717, 1.165) is 5.69 Å². The fourth-order valence-corrected chi connectivity index (χ4v) is 1.72. The molecule has 0 fully saturated rings. The van der Waals surface area contributed by atoms with Crippen molar-refractivity contribution in [2.24, 2.45) is 0 Å². The van der Waals surface area contributed by atoms with Gasteiger partial charge in [0, 0.05) is 11.9 Å². The molecule has 0 saturated heterocycles. The monoisotopic (exact) mass is 259 g/mol. The minimum Gasteiger partial charge on any atom is -0.379 e. The third kappa shape index (κ3) is 2.46. The second-order valence-corrected chi connectivity index (χ2v) is 4.00. The molecule has 84 valence electrons. The largest absolute Gasteiger partial charge is 0.379 e.